The monoisotopic (exact) mass is 315 g/mol. The quantitative estimate of drug-likeness (QED) is 0.899. The number of hydrogen-bond acceptors (Lipinski definition) is 2. The second-order valence-corrected chi connectivity index (χ2v) is 5.80. The standard InChI is InChI=1S/C14H19BrFNO/c1-9-6-12(15)13(16)8-14(9)17-10-4-3-5-11(7-10)18-2/h6,8,10-11,17H,3-5,7H2,1-2H3. The molecule has 1 aliphatic rings. The fourth-order valence-electron chi connectivity index (χ4n) is 2.51. The molecule has 18 heavy (non-hydrogen) atoms. The maximum atomic E-state index is 13.5. The Balaban J connectivity index is 2.07. The second kappa shape index (κ2) is 6.02. The molecule has 2 rings (SSSR count). The van der Waals surface area contributed by atoms with Gasteiger partial charge in [0.15, 0.2) is 0 Å². The Morgan fingerprint density at radius 1 is 1.39 bits per heavy atom. The lowest BCUT2D eigenvalue weighted by Crippen LogP contribution is -2.31. The molecule has 0 saturated heterocycles. The summed E-state index contributed by atoms with van der Waals surface area (Å²) >= 11 is 3.20. The van der Waals surface area contributed by atoms with Crippen LogP contribution in [0.15, 0.2) is 16.6 Å². The number of hydrogen-bond donors (Lipinski definition) is 1. The summed E-state index contributed by atoms with van der Waals surface area (Å²) in [5.41, 5.74) is 1.94. The molecule has 4 heteroatoms. The van der Waals surface area contributed by atoms with E-state index >= 15 is 0 Å². The number of ether oxygens (including phenoxy) is 1. The van der Waals surface area contributed by atoms with Crippen molar-refractivity contribution < 1.29 is 9.13 Å². The van der Waals surface area contributed by atoms with Crippen molar-refractivity contribution in [2.75, 3.05) is 12.4 Å². The maximum Gasteiger partial charge on any atom is 0.139 e. The number of halogens is 2. The third-order valence-corrected chi connectivity index (χ3v) is 4.19. The van der Waals surface area contributed by atoms with Gasteiger partial charge in [-0.3, -0.25) is 0 Å². The zero-order valence-corrected chi connectivity index (χ0v) is 12.4. The average Bonchev–Trinajstić information content (AvgIpc) is 2.36. The molecule has 0 aliphatic heterocycles. The molecule has 1 fully saturated rings. The van der Waals surface area contributed by atoms with Gasteiger partial charge in [-0.05, 0) is 66.2 Å². The van der Waals surface area contributed by atoms with Crippen LogP contribution in [0, 0.1) is 12.7 Å². The highest BCUT2D eigenvalue weighted by Crippen LogP contribution is 2.28. The van der Waals surface area contributed by atoms with Crippen LogP contribution in [0.4, 0.5) is 10.1 Å². The van der Waals surface area contributed by atoms with E-state index in [2.05, 4.69) is 21.2 Å². The third kappa shape index (κ3) is 3.23. The van der Waals surface area contributed by atoms with E-state index in [0.29, 0.717) is 16.6 Å². The highest BCUT2D eigenvalue weighted by atomic mass is 79.9. The molecule has 100 valence electrons. The molecule has 1 aliphatic carbocycles. The first-order valence-electron chi connectivity index (χ1n) is 6.35. The van der Waals surface area contributed by atoms with Crippen molar-refractivity contribution in [2.24, 2.45) is 0 Å². The molecule has 2 unspecified atom stereocenters. The van der Waals surface area contributed by atoms with E-state index in [1.807, 2.05) is 13.0 Å². The van der Waals surface area contributed by atoms with Crippen molar-refractivity contribution in [1.82, 2.24) is 0 Å². The SMILES string of the molecule is COC1CCCC(Nc2cc(F)c(Br)cc2C)C1. The summed E-state index contributed by atoms with van der Waals surface area (Å²) in [5.74, 6) is -0.220. The van der Waals surface area contributed by atoms with Crippen molar-refractivity contribution in [2.45, 2.75) is 44.8 Å². The summed E-state index contributed by atoms with van der Waals surface area (Å²) in [6.45, 7) is 1.99. The van der Waals surface area contributed by atoms with E-state index in [1.165, 1.54) is 0 Å². The molecule has 2 nitrogen and oxygen atoms in total. The Labute approximate surface area is 116 Å². The molecule has 2 atom stereocenters. The van der Waals surface area contributed by atoms with E-state index in [0.717, 1.165) is 36.9 Å². The second-order valence-electron chi connectivity index (χ2n) is 4.95. The minimum Gasteiger partial charge on any atom is -0.382 e. The molecule has 0 aromatic heterocycles. The predicted octanol–water partition coefficient (Wildman–Crippen LogP) is 4.27. The molecule has 1 aromatic rings. The van der Waals surface area contributed by atoms with Crippen molar-refractivity contribution in [3.63, 3.8) is 0 Å². The Morgan fingerprint density at radius 2 is 2.17 bits per heavy atom. The van der Waals surface area contributed by atoms with Crippen molar-refractivity contribution >= 4 is 21.6 Å². The largest absolute Gasteiger partial charge is 0.382 e. The molecule has 0 radical (unpaired) electrons. The minimum atomic E-state index is -0.220. The molecule has 0 amide bonds. The fourth-order valence-corrected chi connectivity index (χ4v) is 2.97. The molecule has 1 saturated carbocycles. The van der Waals surface area contributed by atoms with E-state index in [-0.39, 0.29) is 5.82 Å². The van der Waals surface area contributed by atoms with Gasteiger partial charge in [-0.25, -0.2) is 4.39 Å². The topological polar surface area (TPSA) is 21.3 Å². The molecular formula is C14H19BrFNO. The van der Waals surface area contributed by atoms with Crippen LogP contribution in [0.3, 0.4) is 0 Å². The van der Waals surface area contributed by atoms with Gasteiger partial charge in [0.2, 0.25) is 0 Å². The summed E-state index contributed by atoms with van der Waals surface area (Å²) in [6.07, 6.45) is 4.73. The summed E-state index contributed by atoms with van der Waals surface area (Å²) in [6, 6.07) is 3.76. The number of methoxy groups -OCH3 is 1. The van der Waals surface area contributed by atoms with Gasteiger partial charge < -0.3 is 10.1 Å². The van der Waals surface area contributed by atoms with Crippen LogP contribution in [0.5, 0.6) is 0 Å². The van der Waals surface area contributed by atoms with Gasteiger partial charge in [0.1, 0.15) is 5.82 Å². The van der Waals surface area contributed by atoms with Gasteiger partial charge in [-0.2, -0.15) is 0 Å². The lowest BCUT2D eigenvalue weighted by atomic mass is 9.92. The number of aryl methyl sites for hydroxylation is 1. The van der Waals surface area contributed by atoms with Crippen LogP contribution >= 0.6 is 15.9 Å². The molecule has 0 spiro atoms. The van der Waals surface area contributed by atoms with Gasteiger partial charge in [0.05, 0.1) is 10.6 Å². The molecule has 0 bridgehead atoms. The van der Waals surface area contributed by atoms with Gasteiger partial charge >= 0.3 is 0 Å². The molecule has 0 heterocycles. The lowest BCUT2D eigenvalue weighted by Gasteiger charge is -2.30. The van der Waals surface area contributed by atoms with Crippen molar-refractivity contribution in [3.05, 3.63) is 28.0 Å². The van der Waals surface area contributed by atoms with E-state index < -0.39 is 0 Å². The third-order valence-electron chi connectivity index (χ3n) is 3.59. The van der Waals surface area contributed by atoms with Crippen molar-refractivity contribution in [3.8, 4) is 0 Å². The van der Waals surface area contributed by atoms with Crippen LogP contribution < -0.4 is 5.32 Å². The van der Waals surface area contributed by atoms with Gasteiger partial charge in [-0.1, -0.05) is 0 Å². The van der Waals surface area contributed by atoms with Crippen molar-refractivity contribution in [1.29, 1.82) is 0 Å². The number of benzene rings is 1. The summed E-state index contributed by atoms with van der Waals surface area (Å²) in [4.78, 5) is 0. The fraction of sp³-hybridized carbons (Fsp3) is 0.571. The first-order chi connectivity index (χ1) is 8.60. The molecule has 1 aromatic carbocycles. The van der Waals surface area contributed by atoms with Crippen LogP contribution in [0.25, 0.3) is 0 Å². The average molecular weight is 316 g/mol. The molecular weight excluding hydrogens is 297 g/mol. The maximum absolute atomic E-state index is 13.5. The summed E-state index contributed by atoms with van der Waals surface area (Å²) < 4.78 is 19.5. The van der Waals surface area contributed by atoms with Gasteiger partial charge in [-0.15, -0.1) is 0 Å². The number of nitrogens with one attached hydrogen (secondary N) is 1. The minimum absolute atomic E-state index is 0.220. The number of rotatable bonds is 3. The Hall–Kier alpha value is -0.610. The van der Waals surface area contributed by atoms with Crippen LogP contribution in [0.2, 0.25) is 0 Å². The Bertz CT molecular complexity index is 425. The highest BCUT2D eigenvalue weighted by molar-refractivity contribution is 9.10. The molecule has 1 N–H and O–H groups in total. The number of anilines is 1. The Morgan fingerprint density at radius 3 is 2.89 bits per heavy atom. The van der Waals surface area contributed by atoms with E-state index in [9.17, 15) is 4.39 Å². The van der Waals surface area contributed by atoms with Crippen LogP contribution in [0.1, 0.15) is 31.2 Å². The van der Waals surface area contributed by atoms with Crippen LogP contribution in [-0.4, -0.2) is 19.3 Å². The zero-order valence-electron chi connectivity index (χ0n) is 10.8. The van der Waals surface area contributed by atoms with Crippen LogP contribution in [-0.2, 0) is 4.74 Å². The highest BCUT2D eigenvalue weighted by Gasteiger charge is 2.22. The lowest BCUT2D eigenvalue weighted by molar-refractivity contribution is 0.0669. The normalized spacial score (nSPS) is 24.0. The summed E-state index contributed by atoms with van der Waals surface area (Å²) in [7, 11) is 1.76. The first kappa shape index (κ1) is 13.8. The predicted molar refractivity (Wildman–Crippen MR) is 75.5 cm³/mol. The van der Waals surface area contributed by atoms with E-state index in [4.69, 9.17) is 4.74 Å². The Kier molecular flexibility index (Phi) is 4.62. The van der Waals surface area contributed by atoms with Gasteiger partial charge in [0.25, 0.3) is 0 Å². The first-order valence-corrected chi connectivity index (χ1v) is 7.14. The van der Waals surface area contributed by atoms with Gasteiger partial charge in [0, 0.05) is 18.8 Å². The summed E-state index contributed by atoms with van der Waals surface area (Å²) in [5, 5.41) is 3.44. The zero-order chi connectivity index (χ0) is 13.1. The van der Waals surface area contributed by atoms with E-state index in [1.54, 1.807) is 13.2 Å². The smallest absolute Gasteiger partial charge is 0.139 e.